The van der Waals surface area contributed by atoms with E-state index in [1.54, 1.807) is 6.07 Å². The van der Waals surface area contributed by atoms with Gasteiger partial charge in [0.25, 0.3) is 0 Å². The van der Waals surface area contributed by atoms with Crippen LogP contribution in [0.2, 0.25) is 0 Å². The Morgan fingerprint density at radius 2 is 2.06 bits per heavy atom. The average Bonchev–Trinajstić information content (AvgIpc) is 2.27. The van der Waals surface area contributed by atoms with Crippen LogP contribution in [0.15, 0.2) is 12.1 Å². The Kier molecular flexibility index (Phi) is 5.56. The van der Waals surface area contributed by atoms with Crippen molar-refractivity contribution < 1.29 is 4.74 Å². The average molecular weight is 238 g/mol. The number of anilines is 3. The Hall–Kier alpha value is -1.49. The van der Waals surface area contributed by atoms with Gasteiger partial charge in [-0.05, 0) is 38.8 Å². The summed E-state index contributed by atoms with van der Waals surface area (Å²) in [6.45, 7) is 5.74. The van der Waals surface area contributed by atoms with E-state index in [1.165, 1.54) is 0 Å². The van der Waals surface area contributed by atoms with E-state index in [2.05, 4.69) is 10.3 Å². The lowest BCUT2D eigenvalue weighted by Crippen LogP contribution is -2.08. The molecule has 0 fully saturated rings. The van der Waals surface area contributed by atoms with Crippen LogP contribution in [0, 0.1) is 0 Å². The van der Waals surface area contributed by atoms with Crippen LogP contribution in [-0.2, 0) is 4.74 Å². The minimum atomic E-state index is 0.307. The SMILES string of the molecule is CC(C)OCCCCNc1ccc(N)c(N)n1. The van der Waals surface area contributed by atoms with Gasteiger partial charge in [0.15, 0.2) is 0 Å². The molecule has 0 aliphatic heterocycles. The van der Waals surface area contributed by atoms with Crippen molar-refractivity contribution in [2.45, 2.75) is 32.8 Å². The molecule has 5 heteroatoms. The van der Waals surface area contributed by atoms with E-state index in [4.69, 9.17) is 16.2 Å². The van der Waals surface area contributed by atoms with Crippen molar-refractivity contribution in [1.82, 2.24) is 4.98 Å². The standard InChI is InChI=1S/C12H22N4O/c1-9(2)17-8-4-3-7-15-11-6-5-10(13)12(14)16-11/h5-6,9H,3-4,7-8,13H2,1-2H3,(H3,14,15,16). The highest BCUT2D eigenvalue weighted by Gasteiger charge is 1.98. The third-order valence-electron chi connectivity index (χ3n) is 2.29. The predicted octanol–water partition coefficient (Wildman–Crippen LogP) is 1.86. The molecule has 0 aliphatic rings. The number of rotatable bonds is 7. The second-order valence-corrected chi connectivity index (χ2v) is 4.22. The summed E-state index contributed by atoms with van der Waals surface area (Å²) in [5, 5.41) is 3.20. The smallest absolute Gasteiger partial charge is 0.149 e. The first kappa shape index (κ1) is 13.6. The number of nitrogen functional groups attached to an aromatic ring is 2. The lowest BCUT2D eigenvalue weighted by atomic mass is 10.3. The molecule has 1 heterocycles. The Morgan fingerprint density at radius 3 is 2.71 bits per heavy atom. The van der Waals surface area contributed by atoms with Crippen LogP contribution in [0.25, 0.3) is 0 Å². The third-order valence-corrected chi connectivity index (χ3v) is 2.29. The zero-order chi connectivity index (χ0) is 12.7. The zero-order valence-corrected chi connectivity index (χ0v) is 10.6. The first-order valence-electron chi connectivity index (χ1n) is 5.97. The van der Waals surface area contributed by atoms with E-state index >= 15 is 0 Å². The molecule has 0 spiro atoms. The lowest BCUT2D eigenvalue weighted by molar-refractivity contribution is 0.0765. The van der Waals surface area contributed by atoms with Gasteiger partial charge >= 0.3 is 0 Å². The molecule has 0 aromatic carbocycles. The molecule has 17 heavy (non-hydrogen) atoms. The van der Waals surface area contributed by atoms with Crippen LogP contribution in [0.1, 0.15) is 26.7 Å². The van der Waals surface area contributed by atoms with E-state index in [0.29, 0.717) is 17.6 Å². The quantitative estimate of drug-likeness (QED) is 0.631. The highest BCUT2D eigenvalue weighted by molar-refractivity contribution is 5.61. The fraction of sp³-hybridized carbons (Fsp3) is 0.583. The van der Waals surface area contributed by atoms with Gasteiger partial charge in [0.05, 0.1) is 11.8 Å². The van der Waals surface area contributed by atoms with Gasteiger partial charge in [0.2, 0.25) is 0 Å². The van der Waals surface area contributed by atoms with E-state index in [9.17, 15) is 0 Å². The Morgan fingerprint density at radius 1 is 1.29 bits per heavy atom. The van der Waals surface area contributed by atoms with Gasteiger partial charge in [0, 0.05) is 13.2 Å². The van der Waals surface area contributed by atoms with Crippen molar-refractivity contribution in [2.24, 2.45) is 0 Å². The van der Waals surface area contributed by atoms with E-state index in [0.717, 1.165) is 31.8 Å². The fourth-order valence-corrected chi connectivity index (χ4v) is 1.35. The Labute approximate surface area is 103 Å². The van der Waals surface area contributed by atoms with Gasteiger partial charge in [-0.15, -0.1) is 0 Å². The summed E-state index contributed by atoms with van der Waals surface area (Å²) in [4.78, 5) is 4.13. The van der Waals surface area contributed by atoms with E-state index < -0.39 is 0 Å². The summed E-state index contributed by atoms with van der Waals surface area (Å²) in [6.07, 6.45) is 2.38. The first-order valence-corrected chi connectivity index (χ1v) is 5.97. The van der Waals surface area contributed by atoms with Crippen LogP contribution in [0.3, 0.4) is 0 Å². The summed E-state index contributed by atoms with van der Waals surface area (Å²) in [5.74, 6) is 1.14. The number of nitrogens with two attached hydrogens (primary N) is 2. The van der Waals surface area contributed by atoms with Crippen molar-refractivity contribution in [3.8, 4) is 0 Å². The number of ether oxygens (including phenoxy) is 1. The summed E-state index contributed by atoms with van der Waals surface area (Å²) >= 11 is 0. The van der Waals surface area contributed by atoms with Crippen molar-refractivity contribution in [2.75, 3.05) is 29.9 Å². The summed E-state index contributed by atoms with van der Waals surface area (Å²) in [6, 6.07) is 3.59. The Balaban J connectivity index is 2.16. The van der Waals surface area contributed by atoms with Gasteiger partial charge in [-0.2, -0.15) is 0 Å². The molecule has 0 bridgehead atoms. The topological polar surface area (TPSA) is 86.2 Å². The van der Waals surface area contributed by atoms with Crippen LogP contribution < -0.4 is 16.8 Å². The third kappa shape index (κ3) is 5.40. The molecule has 5 nitrogen and oxygen atoms in total. The number of unbranched alkanes of at least 4 members (excludes halogenated alkanes) is 1. The van der Waals surface area contributed by atoms with Crippen molar-refractivity contribution in [1.29, 1.82) is 0 Å². The molecule has 1 aromatic heterocycles. The number of nitrogens with one attached hydrogen (secondary N) is 1. The largest absolute Gasteiger partial charge is 0.396 e. The molecular formula is C12H22N4O. The van der Waals surface area contributed by atoms with Crippen LogP contribution in [-0.4, -0.2) is 24.2 Å². The monoisotopic (exact) mass is 238 g/mol. The maximum atomic E-state index is 5.61. The van der Waals surface area contributed by atoms with Gasteiger partial charge in [0.1, 0.15) is 11.6 Å². The highest BCUT2D eigenvalue weighted by Crippen LogP contribution is 2.14. The molecule has 0 aliphatic carbocycles. The molecule has 0 saturated carbocycles. The summed E-state index contributed by atoms with van der Waals surface area (Å²) in [5.41, 5.74) is 11.7. The fourth-order valence-electron chi connectivity index (χ4n) is 1.35. The summed E-state index contributed by atoms with van der Waals surface area (Å²) in [7, 11) is 0. The van der Waals surface area contributed by atoms with Crippen molar-refractivity contribution in [3.63, 3.8) is 0 Å². The number of aromatic nitrogens is 1. The zero-order valence-electron chi connectivity index (χ0n) is 10.6. The van der Waals surface area contributed by atoms with Crippen molar-refractivity contribution in [3.05, 3.63) is 12.1 Å². The molecule has 0 unspecified atom stereocenters. The predicted molar refractivity (Wildman–Crippen MR) is 71.9 cm³/mol. The van der Waals surface area contributed by atoms with Gasteiger partial charge < -0.3 is 21.5 Å². The number of pyridine rings is 1. The van der Waals surface area contributed by atoms with Crippen LogP contribution in [0.5, 0.6) is 0 Å². The molecule has 0 saturated heterocycles. The maximum absolute atomic E-state index is 5.61. The minimum absolute atomic E-state index is 0.307. The molecule has 0 amide bonds. The van der Waals surface area contributed by atoms with Gasteiger partial charge in [-0.1, -0.05) is 0 Å². The van der Waals surface area contributed by atoms with Crippen molar-refractivity contribution >= 4 is 17.3 Å². The van der Waals surface area contributed by atoms with Gasteiger partial charge in [-0.25, -0.2) is 4.98 Å². The first-order chi connectivity index (χ1) is 8.09. The minimum Gasteiger partial charge on any atom is -0.396 e. The van der Waals surface area contributed by atoms with E-state index in [1.807, 2.05) is 19.9 Å². The summed E-state index contributed by atoms with van der Waals surface area (Å²) < 4.78 is 5.45. The number of hydrogen-bond acceptors (Lipinski definition) is 5. The molecule has 96 valence electrons. The molecule has 5 N–H and O–H groups in total. The number of hydrogen-bond donors (Lipinski definition) is 3. The second kappa shape index (κ2) is 6.96. The number of nitrogens with zero attached hydrogens (tertiary/aromatic N) is 1. The lowest BCUT2D eigenvalue weighted by Gasteiger charge is -2.09. The molecule has 1 aromatic rings. The van der Waals surface area contributed by atoms with Crippen LogP contribution >= 0.6 is 0 Å². The molecule has 0 radical (unpaired) electrons. The highest BCUT2D eigenvalue weighted by atomic mass is 16.5. The van der Waals surface area contributed by atoms with Gasteiger partial charge in [-0.3, -0.25) is 0 Å². The normalized spacial score (nSPS) is 10.8. The second-order valence-electron chi connectivity index (χ2n) is 4.22. The molecule has 0 atom stereocenters. The molecular weight excluding hydrogens is 216 g/mol. The van der Waals surface area contributed by atoms with Crippen LogP contribution in [0.4, 0.5) is 17.3 Å². The molecule has 1 rings (SSSR count). The maximum Gasteiger partial charge on any atom is 0.149 e. The van der Waals surface area contributed by atoms with E-state index in [-0.39, 0.29) is 0 Å². The Bertz CT molecular complexity index is 341.